The van der Waals surface area contributed by atoms with Crippen LogP contribution in [0, 0.1) is 30.1 Å². The number of anilines is 1. The van der Waals surface area contributed by atoms with E-state index in [4.69, 9.17) is 15.1 Å². The van der Waals surface area contributed by atoms with Gasteiger partial charge in [0.05, 0.1) is 10.6 Å². The van der Waals surface area contributed by atoms with Gasteiger partial charge in [0.25, 0.3) is 5.56 Å². The molecule has 3 heterocycles. The molecule has 0 fully saturated rings. The van der Waals surface area contributed by atoms with Gasteiger partial charge < -0.3 is 4.90 Å². The molecule has 0 spiro atoms. The Hall–Kier alpha value is -2.79. The quantitative estimate of drug-likeness (QED) is 0.127. The Labute approximate surface area is 288 Å². The summed E-state index contributed by atoms with van der Waals surface area (Å²) >= 11 is 1.75. The van der Waals surface area contributed by atoms with E-state index in [0.29, 0.717) is 28.9 Å². The van der Waals surface area contributed by atoms with Gasteiger partial charge in [0.15, 0.2) is 16.6 Å². The van der Waals surface area contributed by atoms with Crippen LogP contribution in [0.15, 0.2) is 4.79 Å². The molecule has 0 radical (unpaired) electrons. The lowest BCUT2D eigenvalue weighted by Gasteiger charge is -2.30. The molecule has 8 heteroatoms. The van der Waals surface area contributed by atoms with Crippen molar-refractivity contribution in [2.75, 3.05) is 18.0 Å². The van der Waals surface area contributed by atoms with E-state index >= 15 is 0 Å². The number of unbranched alkanes of at least 4 members (excludes halogenated alkanes) is 3. The zero-order valence-corrected chi connectivity index (χ0v) is 32.0. The van der Waals surface area contributed by atoms with Crippen LogP contribution >= 0.6 is 11.3 Å². The fourth-order valence-corrected chi connectivity index (χ4v) is 7.80. The molecule has 3 aromatic rings. The minimum absolute atomic E-state index is 0.133. The fourth-order valence-electron chi connectivity index (χ4n) is 6.57. The van der Waals surface area contributed by atoms with Crippen LogP contribution in [0.4, 0.5) is 5.13 Å². The van der Waals surface area contributed by atoms with Crippen molar-refractivity contribution in [3.05, 3.63) is 43.1 Å². The summed E-state index contributed by atoms with van der Waals surface area (Å²) in [4.78, 5) is 27.5. The molecule has 0 aliphatic rings. The molecular formula is C39H62N6OS. The van der Waals surface area contributed by atoms with Gasteiger partial charge in [-0.2, -0.15) is 9.78 Å². The molecule has 0 aliphatic heterocycles. The van der Waals surface area contributed by atoms with Gasteiger partial charge in [-0.15, -0.1) is 5.10 Å². The number of aromatic nitrogens is 4. The molecule has 7 nitrogen and oxygen atoms in total. The van der Waals surface area contributed by atoms with E-state index in [1.54, 1.807) is 11.3 Å². The minimum Gasteiger partial charge on any atom is -0.348 e. The molecular weight excluding hydrogens is 601 g/mol. The van der Waals surface area contributed by atoms with Gasteiger partial charge in [-0.05, 0) is 56.1 Å². The number of hydrogen-bond donors (Lipinski definition) is 0. The molecule has 0 saturated heterocycles. The van der Waals surface area contributed by atoms with E-state index < -0.39 is 0 Å². The monoisotopic (exact) mass is 662 g/mol. The van der Waals surface area contributed by atoms with E-state index in [1.807, 2.05) is 6.92 Å². The number of fused-ring (bicyclic) bond motifs is 1. The largest absolute Gasteiger partial charge is 0.348 e. The van der Waals surface area contributed by atoms with Gasteiger partial charge in [0.1, 0.15) is 11.6 Å². The number of pyridine rings is 1. The molecule has 3 aromatic heterocycles. The lowest BCUT2D eigenvalue weighted by Crippen LogP contribution is -2.34. The third kappa shape index (κ3) is 9.65. The second-order valence-electron chi connectivity index (χ2n) is 14.6. The van der Waals surface area contributed by atoms with Gasteiger partial charge in [0, 0.05) is 29.6 Å². The van der Waals surface area contributed by atoms with Gasteiger partial charge in [0.2, 0.25) is 0 Å². The Morgan fingerprint density at radius 3 is 1.96 bits per heavy atom. The average Bonchev–Trinajstić information content (AvgIpc) is 3.69. The van der Waals surface area contributed by atoms with Crippen molar-refractivity contribution in [2.45, 2.75) is 158 Å². The summed E-state index contributed by atoms with van der Waals surface area (Å²) < 4.78 is 1.38. The highest BCUT2D eigenvalue weighted by Crippen LogP contribution is 2.36. The zero-order chi connectivity index (χ0) is 34.7. The predicted molar refractivity (Wildman–Crippen MR) is 200 cm³/mol. The minimum atomic E-state index is -0.385. The predicted octanol–water partition coefficient (Wildman–Crippen LogP) is 9.49. The van der Waals surface area contributed by atoms with Crippen molar-refractivity contribution in [3.63, 3.8) is 0 Å². The number of nitrogens with zero attached hydrogens (tertiary/aromatic N) is 6. The molecule has 3 atom stereocenters. The summed E-state index contributed by atoms with van der Waals surface area (Å²) in [7, 11) is 0. The van der Waals surface area contributed by atoms with E-state index in [1.165, 1.54) is 55.9 Å². The standard InChI is InChI=1S/C39H62N6OS/c1-11-17-20-28(14-4)25-44(26-29(15-5)21-18-12-2)38-41-34(39(8,9)10)33(47-38)23-31-27(7)32(24-40)37(46)45-36(31)42-35(43-45)30(16-6)22-19-13-3/h23,28-30H,11-22,25-26H2,1-10H3/b31-23+. The highest BCUT2D eigenvalue weighted by atomic mass is 32.1. The number of thiazole rings is 1. The van der Waals surface area contributed by atoms with Gasteiger partial charge in [-0.1, -0.05) is 125 Å². The lowest BCUT2D eigenvalue weighted by atomic mass is 9.91. The van der Waals surface area contributed by atoms with Crippen LogP contribution in [0.5, 0.6) is 0 Å². The molecule has 0 aromatic carbocycles. The molecule has 0 saturated carbocycles. The molecule has 260 valence electrons. The first-order valence-electron chi connectivity index (χ1n) is 18.6. The van der Waals surface area contributed by atoms with Crippen LogP contribution < -0.4 is 15.7 Å². The van der Waals surface area contributed by atoms with Crippen molar-refractivity contribution < 1.29 is 0 Å². The maximum atomic E-state index is 13.5. The fraction of sp³-hybridized carbons (Fsp3) is 0.718. The molecule has 0 amide bonds. The number of rotatable bonds is 19. The van der Waals surface area contributed by atoms with Crippen molar-refractivity contribution in [1.29, 1.82) is 5.26 Å². The molecule has 0 N–H and O–H groups in total. The molecule has 3 unspecified atom stereocenters. The van der Waals surface area contributed by atoms with Gasteiger partial charge in [-0.25, -0.2) is 9.97 Å². The second kappa shape index (κ2) is 18.1. The third-order valence-electron chi connectivity index (χ3n) is 9.87. The number of nitriles is 1. The molecule has 3 rings (SSSR count). The maximum absolute atomic E-state index is 13.5. The first kappa shape index (κ1) is 38.7. The highest BCUT2D eigenvalue weighted by molar-refractivity contribution is 7.16. The summed E-state index contributed by atoms with van der Waals surface area (Å²) in [6.07, 6.45) is 16.0. The Morgan fingerprint density at radius 2 is 1.47 bits per heavy atom. The Kier molecular flexibility index (Phi) is 14.9. The Balaban J connectivity index is 2.27. The molecule has 0 aliphatic carbocycles. The molecule has 0 bridgehead atoms. The van der Waals surface area contributed by atoms with Crippen LogP contribution in [0.2, 0.25) is 0 Å². The summed E-state index contributed by atoms with van der Waals surface area (Å²) in [6, 6.07) is 2.18. The van der Waals surface area contributed by atoms with Crippen molar-refractivity contribution in [3.8, 4) is 6.07 Å². The highest BCUT2D eigenvalue weighted by Gasteiger charge is 2.27. The van der Waals surface area contributed by atoms with Crippen molar-refractivity contribution in [2.24, 2.45) is 11.8 Å². The first-order chi connectivity index (χ1) is 22.5. The molecule has 47 heavy (non-hydrogen) atoms. The van der Waals surface area contributed by atoms with Crippen LogP contribution in [-0.2, 0) is 5.41 Å². The van der Waals surface area contributed by atoms with Crippen LogP contribution in [0.25, 0.3) is 11.7 Å². The second-order valence-corrected chi connectivity index (χ2v) is 15.6. The van der Waals surface area contributed by atoms with Crippen molar-refractivity contribution in [1.82, 2.24) is 19.6 Å². The van der Waals surface area contributed by atoms with Crippen LogP contribution in [-0.4, -0.2) is 32.7 Å². The van der Waals surface area contributed by atoms with Crippen LogP contribution in [0.1, 0.15) is 173 Å². The van der Waals surface area contributed by atoms with E-state index in [2.05, 4.69) is 79.4 Å². The summed E-state index contributed by atoms with van der Waals surface area (Å²) in [5.41, 5.74) is 1.80. The summed E-state index contributed by atoms with van der Waals surface area (Å²) in [5.74, 6) is 2.14. The van der Waals surface area contributed by atoms with Gasteiger partial charge in [-0.3, -0.25) is 4.79 Å². The SMILES string of the molecule is CCCCC(CC)CN(CC(CC)CCCC)c1nc(C(C)(C)C)c(/C=c2\c(C)c(C#N)c(=O)n3nc(C(CC)CCCC)nc23)s1. The zero-order valence-electron chi connectivity index (χ0n) is 31.2. The normalized spacial score (nSPS) is 14.4. The number of hydrogen-bond acceptors (Lipinski definition) is 7. The van der Waals surface area contributed by atoms with E-state index in [0.717, 1.165) is 59.7 Å². The Bertz CT molecular complexity index is 1560. The summed E-state index contributed by atoms with van der Waals surface area (Å²) in [6.45, 7) is 24.1. The topological polar surface area (TPSA) is 87.2 Å². The van der Waals surface area contributed by atoms with E-state index in [9.17, 15) is 10.1 Å². The Morgan fingerprint density at radius 1 is 0.894 bits per heavy atom. The lowest BCUT2D eigenvalue weighted by molar-refractivity contribution is 0.403. The average molecular weight is 663 g/mol. The van der Waals surface area contributed by atoms with Crippen LogP contribution in [0.3, 0.4) is 0 Å². The summed E-state index contributed by atoms with van der Waals surface area (Å²) in [5, 5.41) is 16.7. The maximum Gasteiger partial charge on any atom is 0.291 e. The van der Waals surface area contributed by atoms with Gasteiger partial charge >= 0.3 is 0 Å². The smallest absolute Gasteiger partial charge is 0.291 e. The van der Waals surface area contributed by atoms with E-state index in [-0.39, 0.29) is 22.5 Å². The third-order valence-corrected chi connectivity index (χ3v) is 10.9. The first-order valence-corrected chi connectivity index (χ1v) is 19.4. The van der Waals surface area contributed by atoms with Crippen molar-refractivity contribution >= 4 is 28.2 Å².